The van der Waals surface area contributed by atoms with Gasteiger partial charge in [-0.05, 0) is 103 Å². The molecule has 1 fully saturated rings. The van der Waals surface area contributed by atoms with Crippen molar-refractivity contribution in [2.75, 3.05) is 0 Å². The van der Waals surface area contributed by atoms with Gasteiger partial charge < -0.3 is 19.3 Å². The molecule has 2 aliphatic carbocycles. The predicted octanol–water partition coefficient (Wildman–Crippen LogP) is 7.27. The van der Waals surface area contributed by atoms with Gasteiger partial charge in [-0.25, -0.2) is 4.79 Å². The van der Waals surface area contributed by atoms with Gasteiger partial charge in [0, 0.05) is 11.5 Å². The van der Waals surface area contributed by atoms with Crippen LogP contribution < -0.4 is 9.63 Å². The van der Waals surface area contributed by atoms with E-state index in [1.54, 1.807) is 19.9 Å². The maximum Gasteiger partial charge on any atom is 0.344 e. The molecule has 3 rings (SSSR count). The summed E-state index contributed by atoms with van der Waals surface area (Å²) >= 11 is 0. The van der Waals surface area contributed by atoms with Crippen molar-refractivity contribution in [3.8, 4) is 11.5 Å². The van der Waals surface area contributed by atoms with Gasteiger partial charge in [0.15, 0.2) is 5.60 Å². The Hall–Kier alpha value is -1.92. The Balaban J connectivity index is 2.04. The highest BCUT2D eigenvalue weighted by Gasteiger charge is 2.48. The van der Waals surface area contributed by atoms with Crippen molar-refractivity contribution in [1.29, 1.82) is 0 Å². The van der Waals surface area contributed by atoms with Crippen LogP contribution in [0.2, 0.25) is 0 Å². The molecule has 7 nitrogen and oxygen atoms in total. The molecule has 8 heteroatoms. The van der Waals surface area contributed by atoms with Crippen LogP contribution in [0.15, 0.2) is 35.9 Å². The second kappa shape index (κ2) is 13.0. The Morgan fingerprint density at radius 2 is 1.95 bits per heavy atom. The molecule has 0 aromatic heterocycles. The molecule has 0 spiro atoms. The van der Waals surface area contributed by atoms with Gasteiger partial charge in [0.1, 0.15) is 11.5 Å². The molecule has 1 unspecified atom stereocenters. The van der Waals surface area contributed by atoms with Gasteiger partial charge >= 0.3 is 5.97 Å². The first-order valence-corrected chi connectivity index (χ1v) is 15.4. The van der Waals surface area contributed by atoms with E-state index in [0.717, 1.165) is 49.7 Å². The molecule has 1 N–H and O–H groups in total. The molecule has 3 atom stereocenters. The molecule has 1 saturated carbocycles. The summed E-state index contributed by atoms with van der Waals surface area (Å²) in [6.07, 6.45) is 8.80. The first-order chi connectivity index (χ1) is 17.9. The van der Waals surface area contributed by atoms with Gasteiger partial charge in [-0.15, -0.1) is 0 Å². The molecule has 2 aliphatic rings. The minimum atomic E-state index is -4.75. The van der Waals surface area contributed by atoms with E-state index in [1.807, 2.05) is 13.0 Å². The van der Waals surface area contributed by atoms with Gasteiger partial charge in [-0.3, -0.25) is 9.09 Å². The number of phosphoric ester groups is 1. The zero-order valence-electron chi connectivity index (χ0n) is 23.6. The molecule has 0 saturated heterocycles. The lowest BCUT2D eigenvalue weighted by Gasteiger charge is -2.35. The Morgan fingerprint density at radius 1 is 1.26 bits per heavy atom. The summed E-state index contributed by atoms with van der Waals surface area (Å²) < 4.78 is 29.1. The summed E-state index contributed by atoms with van der Waals surface area (Å²) in [5.74, 6) is -0.588. The highest BCUT2D eigenvalue weighted by Crippen LogP contribution is 2.51. The van der Waals surface area contributed by atoms with E-state index in [2.05, 4.69) is 26.5 Å². The predicted molar refractivity (Wildman–Crippen MR) is 147 cm³/mol. The van der Waals surface area contributed by atoms with Crippen LogP contribution in [-0.2, 0) is 24.8 Å². The van der Waals surface area contributed by atoms with E-state index in [1.165, 1.54) is 5.57 Å². The molecule has 1 aromatic carbocycles. The largest absolute Gasteiger partial charge is 0.756 e. The highest BCUT2D eigenvalue weighted by molar-refractivity contribution is 7.46. The fraction of sp³-hybridized carbons (Fsp3) is 0.633. The molecule has 0 aliphatic heterocycles. The van der Waals surface area contributed by atoms with Crippen LogP contribution in [0.1, 0.15) is 109 Å². The second-order valence-electron chi connectivity index (χ2n) is 11.3. The first-order valence-electron chi connectivity index (χ1n) is 14.0. The number of hydrogen-bond acceptors (Lipinski definition) is 7. The fourth-order valence-electron chi connectivity index (χ4n) is 5.68. The summed E-state index contributed by atoms with van der Waals surface area (Å²) in [4.78, 5) is 26.3. The molecule has 0 heterocycles. The SMILES string of the molecule is C=C(C)[C@@H]1CCC(C)=C[C@H]1c1c(O)cc(CCCCC)cc1OC(=O)C1(OP(=O)([O-])OC(C)C)CCCC1. The lowest BCUT2D eigenvalue weighted by molar-refractivity contribution is -0.240. The number of esters is 1. The molecule has 212 valence electrons. The number of carbonyl (C=O) groups excluding carboxylic acids is 1. The zero-order valence-corrected chi connectivity index (χ0v) is 24.5. The zero-order chi connectivity index (χ0) is 28.1. The number of phosphoric acid groups is 1. The van der Waals surface area contributed by atoms with Crippen LogP contribution in [0.4, 0.5) is 0 Å². The van der Waals surface area contributed by atoms with Crippen molar-refractivity contribution in [1.82, 2.24) is 0 Å². The van der Waals surface area contributed by atoms with Gasteiger partial charge in [0.2, 0.25) is 0 Å². The maximum absolute atomic E-state index is 13.7. The number of hydrogen-bond donors (Lipinski definition) is 1. The van der Waals surface area contributed by atoms with E-state index >= 15 is 0 Å². The molecule has 38 heavy (non-hydrogen) atoms. The number of rotatable bonds is 12. The van der Waals surface area contributed by atoms with Crippen LogP contribution in [0, 0.1) is 5.92 Å². The van der Waals surface area contributed by atoms with E-state index in [0.29, 0.717) is 18.4 Å². The van der Waals surface area contributed by atoms with Gasteiger partial charge in [0.05, 0.1) is 6.10 Å². The lowest BCUT2D eigenvalue weighted by atomic mass is 9.73. The summed E-state index contributed by atoms with van der Waals surface area (Å²) in [7, 11) is -4.75. The average Bonchev–Trinajstić information content (AvgIpc) is 3.27. The number of benzene rings is 1. The Bertz CT molecular complexity index is 1080. The lowest BCUT2D eigenvalue weighted by Crippen LogP contribution is -2.42. The van der Waals surface area contributed by atoms with E-state index in [-0.39, 0.29) is 36.2 Å². The minimum absolute atomic E-state index is 0.0722. The first kappa shape index (κ1) is 30.6. The van der Waals surface area contributed by atoms with Crippen LogP contribution in [0.5, 0.6) is 11.5 Å². The van der Waals surface area contributed by atoms with Gasteiger partial charge in [-0.2, -0.15) is 0 Å². The third-order valence-corrected chi connectivity index (χ3v) is 8.83. The minimum Gasteiger partial charge on any atom is -0.756 e. The quantitative estimate of drug-likeness (QED) is 0.0964. The number of phenolic OH excluding ortho intramolecular Hbond substituents is 1. The number of unbranched alkanes of at least 4 members (excludes halogenated alkanes) is 2. The van der Waals surface area contributed by atoms with Crippen molar-refractivity contribution in [3.63, 3.8) is 0 Å². The molecular formula is C30H44O7P-. The summed E-state index contributed by atoms with van der Waals surface area (Å²) in [6.45, 7) is 13.5. The topological polar surface area (TPSA) is 105 Å². The van der Waals surface area contributed by atoms with Crippen molar-refractivity contribution in [2.24, 2.45) is 5.92 Å². The van der Waals surface area contributed by atoms with E-state index in [4.69, 9.17) is 13.8 Å². The fourth-order valence-corrected chi connectivity index (χ4v) is 6.93. The van der Waals surface area contributed by atoms with Gasteiger partial charge in [0.25, 0.3) is 7.82 Å². The normalized spacial score (nSPS) is 22.7. The highest BCUT2D eigenvalue weighted by atomic mass is 31.2. The van der Waals surface area contributed by atoms with Crippen LogP contribution >= 0.6 is 7.82 Å². The molecule has 0 amide bonds. The van der Waals surface area contributed by atoms with Crippen molar-refractivity contribution < 1.29 is 33.1 Å². The number of aromatic hydroxyl groups is 1. The third-order valence-electron chi connectivity index (χ3n) is 7.57. The molecule has 0 radical (unpaired) electrons. The number of carbonyl (C=O) groups is 1. The summed E-state index contributed by atoms with van der Waals surface area (Å²) in [6, 6.07) is 3.58. The van der Waals surface area contributed by atoms with E-state index < -0.39 is 25.5 Å². The molecule has 1 aromatic rings. The number of phenols is 1. The van der Waals surface area contributed by atoms with Gasteiger partial charge in [-0.1, -0.05) is 43.6 Å². The summed E-state index contributed by atoms with van der Waals surface area (Å²) in [5, 5.41) is 11.3. The Labute approximate surface area is 227 Å². The van der Waals surface area contributed by atoms with Crippen LogP contribution in [0.3, 0.4) is 0 Å². The van der Waals surface area contributed by atoms with Crippen molar-refractivity contribution in [3.05, 3.63) is 47.1 Å². The Morgan fingerprint density at radius 3 is 2.55 bits per heavy atom. The summed E-state index contributed by atoms with van der Waals surface area (Å²) in [5.41, 5.74) is 1.94. The van der Waals surface area contributed by atoms with Crippen LogP contribution in [-0.4, -0.2) is 22.8 Å². The van der Waals surface area contributed by atoms with E-state index in [9.17, 15) is 19.4 Å². The maximum atomic E-state index is 13.7. The average molecular weight is 548 g/mol. The number of aryl methyl sites for hydroxylation is 1. The Kier molecular flexibility index (Phi) is 10.4. The molecule has 0 bridgehead atoms. The number of allylic oxidation sites excluding steroid dienone is 3. The van der Waals surface area contributed by atoms with Crippen molar-refractivity contribution >= 4 is 13.8 Å². The second-order valence-corrected chi connectivity index (χ2v) is 12.6. The standard InChI is InChI=1S/C30H45O7P/c1-7-8-9-12-23-18-26(31)28(25-17-22(6)13-14-24(25)20(2)3)27(19-23)35-29(32)30(15-10-11-16-30)37-38(33,34)36-21(4)5/h17-19,21,24-25,31H,2,7-16H2,1,3-6H3,(H,33,34)/p-1/t24-,25+/m0/s1. The number of ether oxygens (including phenoxy) is 1. The monoisotopic (exact) mass is 547 g/mol. The van der Waals surface area contributed by atoms with Crippen LogP contribution in [0.25, 0.3) is 0 Å². The van der Waals surface area contributed by atoms with Crippen molar-refractivity contribution in [2.45, 2.75) is 116 Å². The smallest absolute Gasteiger partial charge is 0.344 e. The third kappa shape index (κ3) is 7.59. The molecular weight excluding hydrogens is 503 g/mol.